The van der Waals surface area contributed by atoms with Gasteiger partial charge in [0.1, 0.15) is 0 Å². The van der Waals surface area contributed by atoms with Crippen molar-refractivity contribution in [3.8, 4) is 0 Å². The Morgan fingerprint density at radius 3 is 2.80 bits per heavy atom. The van der Waals surface area contributed by atoms with Crippen molar-refractivity contribution in [1.29, 1.82) is 0 Å². The standard InChI is InChI=1S/C4H8N2O3S/c7-4-3-6-10(8,9)2-1-5-4/h6H,1-3H2,(H,5,7). The van der Waals surface area contributed by atoms with Crippen molar-refractivity contribution in [1.82, 2.24) is 10.0 Å². The maximum Gasteiger partial charge on any atom is 0.235 e. The molecular formula is C4H8N2O3S. The van der Waals surface area contributed by atoms with Crippen molar-refractivity contribution >= 4 is 15.9 Å². The number of hydrogen-bond donors (Lipinski definition) is 2. The fraction of sp³-hybridized carbons (Fsp3) is 0.750. The first-order valence-electron chi connectivity index (χ1n) is 2.84. The molecule has 1 rings (SSSR count). The Morgan fingerprint density at radius 1 is 1.40 bits per heavy atom. The molecule has 0 aromatic carbocycles. The lowest BCUT2D eigenvalue weighted by Gasteiger charge is -1.95. The third-order valence-electron chi connectivity index (χ3n) is 1.15. The summed E-state index contributed by atoms with van der Waals surface area (Å²) in [6.45, 7) is 0.0660. The molecular weight excluding hydrogens is 156 g/mol. The van der Waals surface area contributed by atoms with Crippen molar-refractivity contribution < 1.29 is 13.2 Å². The summed E-state index contributed by atoms with van der Waals surface area (Å²) >= 11 is 0. The summed E-state index contributed by atoms with van der Waals surface area (Å²) in [4.78, 5) is 10.5. The van der Waals surface area contributed by atoms with Gasteiger partial charge in [-0.05, 0) is 0 Å². The molecule has 1 aliphatic heterocycles. The van der Waals surface area contributed by atoms with Crippen LogP contribution in [0.4, 0.5) is 0 Å². The molecule has 58 valence electrons. The quantitative estimate of drug-likeness (QED) is 0.436. The molecule has 0 spiro atoms. The second-order valence-electron chi connectivity index (χ2n) is 1.99. The Kier molecular flexibility index (Phi) is 1.91. The molecule has 0 radical (unpaired) electrons. The lowest BCUT2D eigenvalue weighted by atomic mass is 10.6. The topological polar surface area (TPSA) is 75.3 Å². The van der Waals surface area contributed by atoms with Crippen LogP contribution in [-0.2, 0) is 14.8 Å². The van der Waals surface area contributed by atoms with E-state index in [2.05, 4.69) is 10.0 Å². The minimum Gasteiger partial charge on any atom is -0.354 e. The molecule has 0 unspecified atom stereocenters. The SMILES string of the molecule is O=C1CNS(=O)(=O)CCN1. The van der Waals surface area contributed by atoms with Gasteiger partial charge in [-0.1, -0.05) is 0 Å². The third-order valence-corrected chi connectivity index (χ3v) is 2.47. The van der Waals surface area contributed by atoms with E-state index in [-0.39, 0.29) is 24.7 Å². The summed E-state index contributed by atoms with van der Waals surface area (Å²) < 4.78 is 23.6. The highest BCUT2D eigenvalue weighted by Crippen LogP contribution is 1.85. The minimum absolute atomic E-state index is 0.0290. The number of carbonyl (C=O) groups excluding carboxylic acids is 1. The highest BCUT2D eigenvalue weighted by atomic mass is 32.2. The first kappa shape index (κ1) is 7.49. The number of rotatable bonds is 0. The number of sulfonamides is 1. The van der Waals surface area contributed by atoms with Crippen molar-refractivity contribution in [2.45, 2.75) is 0 Å². The maximum absolute atomic E-state index is 10.7. The van der Waals surface area contributed by atoms with Crippen molar-refractivity contribution in [2.24, 2.45) is 0 Å². The lowest BCUT2D eigenvalue weighted by Crippen LogP contribution is -2.30. The van der Waals surface area contributed by atoms with E-state index in [1.54, 1.807) is 0 Å². The molecule has 0 aliphatic carbocycles. The van der Waals surface area contributed by atoms with E-state index in [0.29, 0.717) is 0 Å². The first-order chi connectivity index (χ1) is 4.60. The van der Waals surface area contributed by atoms with Gasteiger partial charge in [0.2, 0.25) is 15.9 Å². The van der Waals surface area contributed by atoms with Crippen LogP contribution in [0.2, 0.25) is 0 Å². The van der Waals surface area contributed by atoms with Gasteiger partial charge in [-0.2, -0.15) is 0 Å². The van der Waals surface area contributed by atoms with Gasteiger partial charge >= 0.3 is 0 Å². The highest BCUT2D eigenvalue weighted by molar-refractivity contribution is 7.89. The average Bonchev–Trinajstić information content (AvgIpc) is 1.94. The van der Waals surface area contributed by atoms with Crippen LogP contribution in [0.25, 0.3) is 0 Å². The fourth-order valence-electron chi connectivity index (χ4n) is 0.635. The van der Waals surface area contributed by atoms with Gasteiger partial charge in [-0.25, -0.2) is 13.1 Å². The van der Waals surface area contributed by atoms with Gasteiger partial charge in [0.25, 0.3) is 0 Å². The molecule has 1 fully saturated rings. The molecule has 0 aromatic heterocycles. The zero-order valence-corrected chi connectivity index (χ0v) is 6.07. The Hall–Kier alpha value is -0.620. The molecule has 0 saturated carbocycles. The molecule has 0 atom stereocenters. The molecule has 5 nitrogen and oxygen atoms in total. The number of hydrogen-bond acceptors (Lipinski definition) is 3. The van der Waals surface area contributed by atoms with Crippen LogP contribution in [0.3, 0.4) is 0 Å². The Balaban J connectivity index is 2.66. The monoisotopic (exact) mass is 164 g/mol. The summed E-state index contributed by atoms with van der Waals surface area (Å²) in [5, 5.41) is 2.42. The summed E-state index contributed by atoms with van der Waals surface area (Å²) in [7, 11) is -3.19. The van der Waals surface area contributed by atoms with Crippen LogP contribution in [0, 0.1) is 0 Å². The summed E-state index contributed by atoms with van der Waals surface area (Å²) in [6, 6.07) is 0. The molecule has 0 bridgehead atoms. The van der Waals surface area contributed by atoms with E-state index in [9.17, 15) is 13.2 Å². The number of nitrogens with one attached hydrogen (secondary N) is 2. The van der Waals surface area contributed by atoms with Crippen LogP contribution in [0.15, 0.2) is 0 Å². The molecule has 1 amide bonds. The van der Waals surface area contributed by atoms with Gasteiger partial charge in [0.15, 0.2) is 0 Å². The second-order valence-corrected chi connectivity index (χ2v) is 3.92. The van der Waals surface area contributed by atoms with Gasteiger partial charge < -0.3 is 5.32 Å². The van der Waals surface area contributed by atoms with Gasteiger partial charge in [-0.15, -0.1) is 0 Å². The number of amides is 1. The summed E-state index contributed by atoms with van der Waals surface area (Å²) in [6.07, 6.45) is 0. The predicted molar refractivity (Wildman–Crippen MR) is 34.8 cm³/mol. The van der Waals surface area contributed by atoms with Crippen molar-refractivity contribution in [2.75, 3.05) is 18.8 Å². The molecule has 6 heteroatoms. The maximum atomic E-state index is 10.7. The number of carbonyl (C=O) groups is 1. The molecule has 10 heavy (non-hydrogen) atoms. The molecule has 1 saturated heterocycles. The average molecular weight is 164 g/mol. The largest absolute Gasteiger partial charge is 0.354 e. The van der Waals surface area contributed by atoms with E-state index in [1.807, 2.05) is 0 Å². The lowest BCUT2D eigenvalue weighted by molar-refractivity contribution is -0.119. The molecule has 1 aliphatic rings. The van der Waals surface area contributed by atoms with Crippen molar-refractivity contribution in [3.63, 3.8) is 0 Å². The zero-order chi connectivity index (χ0) is 7.61. The fourth-order valence-corrected chi connectivity index (χ4v) is 1.50. The molecule has 2 N–H and O–H groups in total. The van der Waals surface area contributed by atoms with Crippen molar-refractivity contribution in [3.05, 3.63) is 0 Å². The zero-order valence-electron chi connectivity index (χ0n) is 5.25. The predicted octanol–water partition coefficient (Wildman–Crippen LogP) is -1.96. The van der Waals surface area contributed by atoms with Crippen LogP contribution >= 0.6 is 0 Å². The van der Waals surface area contributed by atoms with Crippen LogP contribution < -0.4 is 10.0 Å². The Labute approximate surface area is 58.9 Å². The van der Waals surface area contributed by atoms with E-state index >= 15 is 0 Å². The Bertz CT molecular complexity index is 233. The second kappa shape index (κ2) is 2.55. The summed E-state index contributed by atoms with van der Waals surface area (Å²) in [5.41, 5.74) is 0. The van der Waals surface area contributed by atoms with Crippen LogP contribution in [0.1, 0.15) is 0 Å². The van der Waals surface area contributed by atoms with Gasteiger partial charge in [-0.3, -0.25) is 4.79 Å². The highest BCUT2D eigenvalue weighted by Gasteiger charge is 2.15. The minimum atomic E-state index is -3.19. The van der Waals surface area contributed by atoms with Crippen LogP contribution in [0.5, 0.6) is 0 Å². The van der Waals surface area contributed by atoms with Crippen LogP contribution in [-0.4, -0.2) is 33.2 Å². The smallest absolute Gasteiger partial charge is 0.235 e. The Morgan fingerprint density at radius 2 is 2.10 bits per heavy atom. The van der Waals surface area contributed by atoms with E-state index < -0.39 is 10.0 Å². The van der Waals surface area contributed by atoms with Gasteiger partial charge in [0, 0.05) is 6.54 Å². The normalized spacial score (nSPS) is 25.0. The van der Waals surface area contributed by atoms with E-state index in [0.717, 1.165) is 0 Å². The summed E-state index contributed by atoms with van der Waals surface area (Å²) in [5.74, 6) is -0.306. The van der Waals surface area contributed by atoms with Gasteiger partial charge in [0.05, 0.1) is 12.3 Å². The van der Waals surface area contributed by atoms with E-state index in [1.165, 1.54) is 0 Å². The third kappa shape index (κ3) is 1.96. The molecule has 1 heterocycles. The molecule has 0 aromatic rings. The van der Waals surface area contributed by atoms with E-state index in [4.69, 9.17) is 0 Å². The first-order valence-corrected chi connectivity index (χ1v) is 4.49.